The third kappa shape index (κ3) is 4.01. The summed E-state index contributed by atoms with van der Waals surface area (Å²) in [6, 6.07) is 4.92. The number of nitrogens with zero attached hydrogens (tertiary/aromatic N) is 1. The average Bonchev–Trinajstić information content (AvgIpc) is 2.50. The van der Waals surface area contributed by atoms with Gasteiger partial charge in [-0.1, -0.05) is 15.9 Å². The van der Waals surface area contributed by atoms with Crippen molar-refractivity contribution in [3.63, 3.8) is 0 Å². The Morgan fingerprint density at radius 1 is 1.43 bits per heavy atom. The molecule has 0 fully saturated rings. The van der Waals surface area contributed by atoms with Crippen LogP contribution in [0.1, 0.15) is 18.7 Å². The van der Waals surface area contributed by atoms with E-state index in [9.17, 15) is 0 Å². The van der Waals surface area contributed by atoms with Gasteiger partial charge in [-0.15, -0.1) is 11.3 Å². The zero-order chi connectivity index (χ0) is 10.6. The topological polar surface area (TPSA) is 3.24 Å². The van der Waals surface area contributed by atoms with Crippen LogP contribution in [0, 0.1) is 0 Å². The average molecular weight is 341 g/mol. The van der Waals surface area contributed by atoms with Crippen molar-refractivity contribution in [1.82, 2.24) is 4.90 Å². The molecule has 4 heteroatoms. The van der Waals surface area contributed by atoms with Crippen molar-refractivity contribution in [3.8, 4) is 0 Å². The molecular formula is C10H15Br2NS. The van der Waals surface area contributed by atoms with Crippen molar-refractivity contribution in [2.45, 2.75) is 26.4 Å². The number of halogens is 2. The Balaban J connectivity index is 2.55. The lowest BCUT2D eigenvalue weighted by Crippen LogP contribution is -2.31. The van der Waals surface area contributed by atoms with Crippen molar-refractivity contribution < 1.29 is 0 Å². The summed E-state index contributed by atoms with van der Waals surface area (Å²) in [5.41, 5.74) is 0. The second kappa shape index (κ2) is 6.26. The molecule has 0 aliphatic rings. The van der Waals surface area contributed by atoms with Gasteiger partial charge >= 0.3 is 0 Å². The van der Waals surface area contributed by atoms with E-state index in [2.05, 4.69) is 62.7 Å². The highest BCUT2D eigenvalue weighted by atomic mass is 79.9. The fourth-order valence-electron chi connectivity index (χ4n) is 1.27. The normalized spacial score (nSPS) is 11.6. The second-order valence-electron chi connectivity index (χ2n) is 3.46. The Labute approximate surface area is 107 Å². The number of hydrogen-bond donors (Lipinski definition) is 0. The van der Waals surface area contributed by atoms with Gasteiger partial charge in [-0.2, -0.15) is 0 Å². The summed E-state index contributed by atoms with van der Waals surface area (Å²) < 4.78 is 1.22. The number of hydrogen-bond acceptors (Lipinski definition) is 2. The molecule has 0 aromatic carbocycles. The Morgan fingerprint density at radius 2 is 2.14 bits per heavy atom. The lowest BCUT2D eigenvalue weighted by atomic mass is 10.3. The predicted molar refractivity (Wildman–Crippen MR) is 71.4 cm³/mol. The smallest absolute Gasteiger partial charge is 0.0701 e. The molecule has 0 N–H and O–H groups in total. The van der Waals surface area contributed by atoms with E-state index in [4.69, 9.17) is 0 Å². The van der Waals surface area contributed by atoms with Crippen LogP contribution in [-0.2, 0) is 6.54 Å². The lowest BCUT2D eigenvalue weighted by molar-refractivity contribution is 0.229. The predicted octanol–water partition coefficient (Wildman–Crippen LogP) is 4.12. The van der Waals surface area contributed by atoms with Crippen LogP contribution >= 0.6 is 43.2 Å². The first-order valence-corrected chi connectivity index (χ1v) is 7.41. The van der Waals surface area contributed by atoms with Crippen molar-refractivity contribution >= 4 is 43.2 Å². The quantitative estimate of drug-likeness (QED) is 0.729. The fourth-order valence-corrected chi connectivity index (χ4v) is 3.23. The van der Waals surface area contributed by atoms with Gasteiger partial charge in [-0.05, 0) is 41.9 Å². The van der Waals surface area contributed by atoms with E-state index in [0.717, 1.165) is 18.4 Å². The van der Waals surface area contributed by atoms with Gasteiger partial charge in [0.15, 0.2) is 0 Å². The highest BCUT2D eigenvalue weighted by Crippen LogP contribution is 2.23. The molecule has 1 nitrogen and oxygen atoms in total. The summed E-state index contributed by atoms with van der Waals surface area (Å²) in [7, 11) is 0. The van der Waals surface area contributed by atoms with Crippen LogP contribution in [0.15, 0.2) is 15.9 Å². The molecule has 1 heterocycles. The molecule has 0 saturated heterocycles. The molecule has 1 aromatic heterocycles. The molecule has 0 aliphatic heterocycles. The molecule has 0 spiro atoms. The van der Waals surface area contributed by atoms with Crippen LogP contribution < -0.4 is 0 Å². The molecule has 0 saturated carbocycles. The van der Waals surface area contributed by atoms with Gasteiger partial charge in [0.1, 0.15) is 0 Å². The second-order valence-corrected chi connectivity index (χ2v) is 6.80. The van der Waals surface area contributed by atoms with Crippen LogP contribution in [0.5, 0.6) is 0 Å². The first-order valence-electron chi connectivity index (χ1n) is 4.67. The Hall–Kier alpha value is 0.620. The zero-order valence-corrected chi connectivity index (χ0v) is 12.5. The van der Waals surface area contributed by atoms with Crippen LogP contribution in [0.2, 0.25) is 0 Å². The third-order valence-corrected chi connectivity index (χ3v) is 4.05. The maximum Gasteiger partial charge on any atom is 0.0701 e. The SMILES string of the molecule is CC(C)N(CCBr)Cc1ccc(Br)s1. The van der Waals surface area contributed by atoms with Crippen LogP contribution in [0.3, 0.4) is 0 Å². The molecule has 1 rings (SSSR count). The van der Waals surface area contributed by atoms with Gasteiger partial charge in [-0.3, -0.25) is 4.90 Å². The maximum atomic E-state index is 3.49. The van der Waals surface area contributed by atoms with Gasteiger partial charge in [-0.25, -0.2) is 0 Å². The summed E-state index contributed by atoms with van der Waals surface area (Å²) in [5, 5.41) is 1.04. The molecule has 0 atom stereocenters. The summed E-state index contributed by atoms with van der Waals surface area (Å²) in [5.74, 6) is 0. The Bertz CT molecular complexity index is 273. The number of thiophene rings is 1. The molecule has 14 heavy (non-hydrogen) atoms. The van der Waals surface area contributed by atoms with E-state index in [-0.39, 0.29) is 0 Å². The molecule has 0 amide bonds. The summed E-state index contributed by atoms with van der Waals surface area (Å²) in [6.07, 6.45) is 0. The van der Waals surface area contributed by atoms with E-state index in [0.29, 0.717) is 6.04 Å². The van der Waals surface area contributed by atoms with Gasteiger partial charge in [0.25, 0.3) is 0 Å². The minimum atomic E-state index is 0.605. The Kier molecular flexibility index (Phi) is 5.67. The van der Waals surface area contributed by atoms with Gasteiger partial charge in [0.2, 0.25) is 0 Å². The van der Waals surface area contributed by atoms with Crippen molar-refractivity contribution in [2.75, 3.05) is 11.9 Å². The van der Waals surface area contributed by atoms with Gasteiger partial charge in [0, 0.05) is 29.3 Å². The third-order valence-electron chi connectivity index (χ3n) is 2.09. The monoisotopic (exact) mass is 339 g/mol. The lowest BCUT2D eigenvalue weighted by Gasteiger charge is -2.24. The molecular weight excluding hydrogens is 326 g/mol. The highest BCUT2D eigenvalue weighted by Gasteiger charge is 2.10. The van der Waals surface area contributed by atoms with Crippen molar-refractivity contribution in [3.05, 3.63) is 20.8 Å². The van der Waals surface area contributed by atoms with Crippen LogP contribution in [0.25, 0.3) is 0 Å². The van der Waals surface area contributed by atoms with Crippen LogP contribution in [-0.4, -0.2) is 22.8 Å². The fraction of sp³-hybridized carbons (Fsp3) is 0.600. The largest absolute Gasteiger partial charge is 0.295 e. The van der Waals surface area contributed by atoms with Crippen LogP contribution in [0.4, 0.5) is 0 Å². The van der Waals surface area contributed by atoms with E-state index in [1.165, 1.54) is 8.66 Å². The van der Waals surface area contributed by atoms with E-state index < -0.39 is 0 Å². The molecule has 80 valence electrons. The standard InChI is InChI=1S/C10H15Br2NS/c1-8(2)13(6-5-11)7-9-3-4-10(12)14-9/h3-4,8H,5-7H2,1-2H3. The number of rotatable bonds is 5. The van der Waals surface area contributed by atoms with Gasteiger partial charge in [0.05, 0.1) is 3.79 Å². The van der Waals surface area contributed by atoms with Crippen molar-refractivity contribution in [1.29, 1.82) is 0 Å². The zero-order valence-electron chi connectivity index (χ0n) is 8.46. The molecule has 0 aliphatic carbocycles. The number of alkyl halides is 1. The van der Waals surface area contributed by atoms with E-state index in [1.807, 2.05) is 11.3 Å². The minimum Gasteiger partial charge on any atom is -0.295 e. The Morgan fingerprint density at radius 3 is 2.57 bits per heavy atom. The highest BCUT2D eigenvalue weighted by molar-refractivity contribution is 9.11. The first kappa shape index (κ1) is 12.7. The summed E-state index contributed by atoms with van der Waals surface area (Å²) >= 11 is 8.80. The molecule has 0 bridgehead atoms. The van der Waals surface area contributed by atoms with E-state index in [1.54, 1.807) is 0 Å². The van der Waals surface area contributed by atoms with Crippen molar-refractivity contribution in [2.24, 2.45) is 0 Å². The first-order chi connectivity index (χ1) is 6.63. The van der Waals surface area contributed by atoms with Gasteiger partial charge < -0.3 is 0 Å². The van der Waals surface area contributed by atoms with E-state index >= 15 is 0 Å². The minimum absolute atomic E-state index is 0.605. The summed E-state index contributed by atoms with van der Waals surface area (Å²) in [4.78, 5) is 3.89. The molecule has 0 unspecified atom stereocenters. The maximum absolute atomic E-state index is 3.49. The summed E-state index contributed by atoms with van der Waals surface area (Å²) in [6.45, 7) is 6.64. The molecule has 1 aromatic rings. The molecule has 0 radical (unpaired) electrons.